The summed E-state index contributed by atoms with van der Waals surface area (Å²) in [7, 11) is 2.02. The van der Waals surface area contributed by atoms with Gasteiger partial charge in [-0.25, -0.2) is 4.39 Å². The first kappa shape index (κ1) is 13.8. The minimum Gasteiger partial charge on any atom is -0.336 e. The molecule has 6 heteroatoms. The Morgan fingerprint density at radius 2 is 1.94 bits per heavy atom. The molecule has 1 heterocycles. The molecule has 0 atom stereocenters. The summed E-state index contributed by atoms with van der Waals surface area (Å²) < 4.78 is 13.7. The fraction of sp³-hybridized carbons (Fsp3) is 0.417. The average Bonchev–Trinajstić information content (AvgIpc) is 2.34. The van der Waals surface area contributed by atoms with Crippen LogP contribution in [0.25, 0.3) is 0 Å². The van der Waals surface area contributed by atoms with Gasteiger partial charge in [0.2, 0.25) is 0 Å². The first-order valence-electron chi connectivity index (χ1n) is 5.61. The van der Waals surface area contributed by atoms with Crippen LogP contribution in [0.4, 0.5) is 4.39 Å². The minimum absolute atomic E-state index is 0.0318. The molecule has 1 aromatic rings. The molecule has 1 aromatic carbocycles. The van der Waals surface area contributed by atoms with E-state index in [1.54, 1.807) is 4.90 Å². The van der Waals surface area contributed by atoms with Crippen molar-refractivity contribution in [2.75, 3.05) is 33.2 Å². The summed E-state index contributed by atoms with van der Waals surface area (Å²) in [5.41, 5.74) is 0.408. The van der Waals surface area contributed by atoms with E-state index in [0.717, 1.165) is 13.1 Å². The Hall–Kier alpha value is -0.650. The molecule has 0 unspecified atom stereocenters. The molecule has 0 saturated carbocycles. The molecule has 1 amide bonds. The number of likely N-dealkylation sites (N-methyl/N-ethyl adjacent to an activating group) is 1. The standard InChI is InChI=1S/C12H13BrClFN2O/c1-16-2-4-17(5-3-16)12(18)8-6-10(14)11(15)7-9(8)13/h6-7H,2-5H2,1H3. The molecule has 2 rings (SSSR count). The van der Waals surface area contributed by atoms with E-state index in [4.69, 9.17) is 11.6 Å². The van der Waals surface area contributed by atoms with Gasteiger partial charge in [0, 0.05) is 30.7 Å². The van der Waals surface area contributed by atoms with Gasteiger partial charge in [0.05, 0.1) is 10.6 Å². The smallest absolute Gasteiger partial charge is 0.255 e. The summed E-state index contributed by atoms with van der Waals surface area (Å²) in [5.74, 6) is -0.643. The molecule has 0 bridgehead atoms. The van der Waals surface area contributed by atoms with Crippen molar-refractivity contribution in [2.45, 2.75) is 0 Å². The second-order valence-corrected chi connectivity index (χ2v) is 5.60. The summed E-state index contributed by atoms with van der Waals surface area (Å²) in [6, 6.07) is 2.60. The zero-order chi connectivity index (χ0) is 13.3. The van der Waals surface area contributed by atoms with E-state index in [1.807, 2.05) is 7.05 Å². The van der Waals surface area contributed by atoms with Crippen LogP contribution in [0.5, 0.6) is 0 Å². The monoisotopic (exact) mass is 334 g/mol. The fourth-order valence-corrected chi connectivity index (χ4v) is 2.52. The van der Waals surface area contributed by atoms with Gasteiger partial charge in [-0.05, 0) is 35.1 Å². The van der Waals surface area contributed by atoms with Crippen LogP contribution in [0.15, 0.2) is 16.6 Å². The lowest BCUT2D eigenvalue weighted by atomic mass is 10.1. The van der Waals surface area contributed by atoms with Gasteiger partial charge in [-0.2, -0.15) is 0 Å². The topological polar surface area (TPSA) is 23.6 Å². The maximum Gasteiger partial charge on any atom is 0.255 e. The van der Waals surface area contributed by atoms with E-state index in [1.165, 1.54) is 12.1 Å². The maximum atomic E-state index is 13.2. The van der Waals surface area contributed by atoms with Crippen LogP contribution in [-0.4, -0.2) is 48.9 Å². The van der Waals surface area contributed by atoms with E-state index >= 15 is 0 Å². The van der Waals surface area contributed by atoms with E-state index in [9.17, 15) is 9.18 Å². The lowest BCUT2D eigenvalue weighted by Crippen LogP contribution is -2.47. The molecular formula is C12H13BrClFN2O. The number of nitrogens with zero attached hydrogens (tertiary/aromatic N) is 2. The predicted molar refractivity (Wildman–Crippen MR) is 72.5 cm³/mol. The van der Waals surface area contributed by atoms with E-state index < -0.39 is 5.82 Å². The Bertz CT molecular complexity index is 475. The number of hydrogen-bond acceptors (Lipinski definition) is 2. The number of amides is 1. The number of rotatable bonds is 1. The van der Waals surface area contributed by atoms with Gasteiger partial charge in [-0.3, -0.25) is 4.79 Å². The maximum absolute atomic E-state index is 13.2. The van der Waals surface area contributed by atoms with Crippen molar-refractivity contribution in [3.05, 3.63) is 33.0 Å². The predicted octanol–water partition coefficient (Wildman–Crippen LogP) is 2.63. The second kappa shape index (κ2) is 5.55. The summed E-state index contributed by atoms with van der Waals surface area (Å²) in [5, 5.41) is -0.0318. The quantitative estimate of drug-likeness (QED) is 0.737. The van der Waals surface area contributed by atoms with Crippen LogP contribution in [0, 0.1) is 5.82 Å². The first-order chi connectivity index (χ1) is 8.49. The Labute approximate surface area is 119 Å². The van der Waals surface area contributed by atoms with Gasteiger partial charge in [-0.15, -0.1) is 0 Å². The number of halogens is 3. The van der Waals surface area contributed by atoms with Crippen LogP contribution >= 0.6 is 27.5 Å². The molecule has 1 saturated heterocycles. The first-order valence-corrected chi connectivity index (χ1v) is 6.78. The van der Waals surface area contributed by atoms with Gasteiger partial charge in [0.25, 0.3) is 5.91 Å². The zero-order valence-corrected chi connectivity index (χ0v) is 12.3. The van der Waals surface area contributed by atoms with Crippen molar-refractivity contribution >= 4 is 33.4 Å². The third kappa shape index (κ3) is 2.84. The van der Waals surface area contributed by atoms with Gasteiger partial charge in [0.1, 0.15) is 5.82 Å². The van der Waals surface area contributed by atoms with Crippen molar-refractivity contribution < 1.29 is 9.18 Å². The molecule has 1 aliphatic heterocycles. The van der Waals surface area contributed by atoms with Crippen LogP contribution in [0.2, 0.25) is 5.02 Å². The van der Waals surface area contributed by atoms with Crippen LogP contribution < -0.4 is 0 Å². The van der Waals surface area contributed by atoms with E-state index in [-0.39, 0.29) is 10.9 Å². The van der Waals surface area contributed by atoms with E-state index in [2.05, 4.69) is 20.8 Å². The largest absolute Gasteiger partial charge is 0.336 e. The number of benzene rings is 1. The molecule has 18 heavy (non-hydrogen) atoms. The Kier molecular flexibility index (Phi) is 4.25. The molecular weight excluding hydrogens is 322 g/mol. The second-order valence-electron chi connectivity index (χ2n) is 4.34. The summed E-state index contributed by atoms with van der Waals surface area (Å²) in [6.45, 7) is 3.05. The Morgan fingerprint density at radius 1 is 1.33 bits per heavy atom. The highest BCUT2D eigenvalue weighted by atomic mass is 79.9. The molecule has 1 fully saturated rings. The van der Waals surface area contributed by atoms with Crippen molar-refractivity contribution in [1.29, 1.82) is 0 Å². The van der Waals surface area contributed by atoms with Crippen molar-refractivity contribution in [2.24, 2.45) is 0 Å². The Balaban J connectivity index is 2.21. The van der Waals surface area contributed by atoms with Crippen LogP contribution in [0.3, 0.4) is 0 Å². The third-order valence-corrected chi connectivity index (χ3v) is 3.98. The highest BCUT2D eigenvalue weighted by molar-refractivity contribution is 9.10. The molecule has 0 N–H and O–H groups in total. The molecule has 3 nitrogen and oxygen atoms in total. The summed E-state index contributed by atoms with van der Waals surface area (Å²) in [4.78, 5) is 16.2. The highest BCUT2D eigenvalue weighted by Gasteiger charge is 2.23. The highest BCUT2D eigenvalue weighted by Crippen LogP contribution is 2.26. The molecule has 0 aromatic heterocycles. The van der Waals surface area contributed by atoms with Gasteiger partial charge in [-0.1, -0.05) is 11.6 Å². The van der Waals surface area contributed by atoms with Gasteiger partial charge < -0.3 is 9.80 Å². The molecule has 0 radical (unpaired) electrons. The molecule has 98 valence electrons. The van der Waals surface area contributed by atoms with Crippen molar-refractivity contribution in [1.82, 2.24) is 9.80 Å². The Morgan fingerprint density at radius 3 is 2.56 bits per heavy atom. The minimum atomic E-state index is -0.529. The number of hydrogen-bond donors (Lipinski definition) is 0. The van der Waals surface area contributed by atoms with E-state index in [0.29, 0.717) is 23.1 Å². The fourth-order valence-electron chi connectivity index (χ4n) is 1.87. The lowest BCUT2D eigenvalue weighted by molar-refractivity contribution is 0.0663. The van der Waals surface area contributed by atoms with Gasteiger partial charge >= 0.3 is 0 Å². The third-order valence-electron chi connectivity index (χ3n) is 3.03. The van der Waals surface area contributed by atoms with Crippen LogP contribution in [0.1, 0.15) is 10.4 Å². The normalized spacial score (nSPS) is 17.0. The summed E-state index contributed by atoms with van der Waals surface area (Å²) >= 11 is 8.92. The molecule has 1 aliphatic rings. The van der Waals surface area contributed by atoms with Crippen molar-refractivity contribution in [3.63, 3.8) is 0 Å². The number of carbonyl (C=O) groups is 1. The average molecular weight is 336 g/mol. The number of piperazine rings is 1. The van der Waals surface area contributed by atoms with Gasteiger partial charge in [0.15, 0.2) is 0 Å². The summed E-state index contributed by atoms with van der Waals surface area (Å²) in [6.07, 6.45) is 0. The SMILES string of the molecule is CN1CCN(C(=O)c2cc(Cl)c(F)cc2Br)CC1. The molecule has 0 aliphatic carbocycles. The number of carbonyl (C=O) groups excluding carboxylic acids is 1. The zero-order valence-electron chi connectivity index (χ0n) is 9.92. The lowest BCUT2D eigenvalue weighted by Gasteiger charge is -2.32. The van der Waals surface area contributed by atoms with Crippen LogP contribution in [-0.2, 0) is 0 Å². The molecule has 0 spiro atoms. The van der Waals surface area contributed by atoms with Crippen molar-refractivity contribution in [3.8, 4) is 0 Å².